The van der Waals surface area contributed by atoms with E-state index in [1.54, 1.807) is 30.8 Å². The van der Waals surface area contributed by atoms with Crippen molar-refractivity contribution in [2.45, 2.75) is 26.1 Å². The maximum Gasteiger partial charge on any atom is 0.361 e. The summed E-state index contributed by atoms with van der Waals surface area (Å²) in [5, 5.41) is -0.0917. The molecule has 0 bridgehead atoms. The number of thioether (sulfide) groups is 1. The first-order valence-electron chi connectivity index (χ1n) is 9.06. The monoisotopic (exact) mass is 383 g/mol. The van der Waals surface area contributed by atoms with E-state index in [9.17, 15) is 14.0 Å². The molecule has 7 heteroatoms. The SMILES string of the molecule is CCOC(=O)C[NH+](CC(=O)N1CCS[C@H]1c1ccc(F)cc1)CC(C)C. The van der Waals surface area contributed by atoms with Gasteiger partial charge in [0.25, 0.3) is 5.91 Å². The van der Waals surface area contributed by atoms with Gasteiger partial charge in [-0.1, -0.05) is 26.0 Å². The molecule has 1 aromatic rings. The lowest BCUT2D eigenvalue weighted by Crippen LogP contribution is -3.14. The van der Waals surface area contributed by atoms with E-state index in [0.717, 1.165) is 22.8 Å². The van der Waals surface area contributed by atoms with Crippen LogP contribution in [-0.2, 0) is 14.3 Å². The Morgan fingerprint density at radius 2 is 2.00 bits per heavy atom. The van der Waals surface area contributed by atoms with Crippen molar-refractivity contribution < 1.29 is 23.6 Å². The van der Waals surface area contributed by atoms with E-state index < -0.39 is 0 Å². The highest BCUT2D eigenvalue weighted by molar-refractivity contribution is 7.99. The first-order valence-corrected chi connectivity index (χ1v) is 10.1. The van der Waals surface area contributed by atoms with Crippen molar-refractivity contribution in [1.82, 2.24) is 4.90 Å². The number of quaternary nitrogens is 1. The fourth-order valence-corrected chi connectivity index (χ4v) is 4.42. The quantitative estimate of drug-likeness (QED) is 0.692. The molecule has 0 aromatic heterocycles. The second-order valence-corrected chi connectivity index (χ2v) is 8.06. The van der Waals surface area contributed by atoms with Gasteiger partial charge in [0.1, 0.15) is 11.2 Å². The van der Waals surface area contributed by atoms with E-state index in [2.05, 4.69) is 13.8 Å². The summed E-state index contributed by atoms with van der Waals surface area (Å²) in [6, 6.07) is 6.31. The molecular formula is C19H28FN2O3S+. The van der Waals surface area contributed by atoms with Crippen molar-refractivity contribution in [1.29, 1.82) is 0 Å². The molecule has 1 N–H and O–H groups in total. The number of rotatable bonds is 8. The van der Waals surface area contributed by atoms with Gasteiger partial charge in [0.05, 0.1) is 13.2 Å². The summed E-state index contributed by atoms with van der Waals surface area (Å²) in [4.78, 5) is 27.5. The Kier molecular flexibility index (Phi) is 7.90. The summed E-state index contributed by atoms with van der Waals surface area (Å²) >= 11 is 1.68. The fourth-order valence-electron chi connectivity index (χ4n) is 3.14. The number of ether oxygens (including phenoxy) is 1. The zero-order valence-corrected chi connectivity index (χ0v) is 16.5. The van der Waals surface area contributed by atoms with Gasteiger partial charge >= 0.3 is 5.97 Å². The Morgan fingerprint density at radius 1 is 1.31 bits per heavy atom. The van der Waals surface area contributed by atoms with E-state index in [4.69, 9.17) is 4.74 Å². The Bertz CT molecular complexity index is 609. The van der Waals surface area contributed by atoms with Crippen molar-refractivity contribution in [2.24, 2.45) is 5.92 Å². The molecule has 1 fully saturated rings. The van der Waals surface area contributed by atoms with E-state index in [-0.39, 0.29) is 36.2 Å². The second-order valence-electron chi connectivity index (χ2n) is 6.87. The van der Waals surface area contributed by atoms with Crippen LogP contribution in [0.5, 0.6) is 0 Å². The molecule has 2 atom stereocenters. The number of nitrogens with zero attached hydrogens (tertiary/aromatic N) is 1. The highest BCUT2D eigenvalue weighted by Crippen LogP contribution is 2.37. The minimum Gasteiger partial charge on any atom is -0.462 e. The molecule has 0 spiro atoms. The summed E-state index contributed by atoms with van der Waals surface area (Å²) in [6.45, 7) is 8.12. The van der Waals surface area contributed by atoms with E-state index in [1.807, 2.05) is 4.90 Å². The Hall–Kier alpha value is -1.60. The minimum atomic E-state index is -0.281. The molecule has 1 heterocycles. The molecular weight excluding hydrogens is 355 g/mol. The number of nitrogens with one attached hydrogen (secondary N) is 1. The van der Waals surface area contributed by atoms with Gasteiger partial charge in [0.15, 0.2) is 13.1 Å². The highest BCUT2D eigenvalue weighted by atomic mass is 32.2. The molecule has 144 valence electrons. The van der Waals surface area contributed by atoms with Crippen molar-refractivity contribution in [3.8, 4) is 0 Å². The number of hydrogen-bond acceptors (Lipinski definition) is 4. The molecule has 1 aliphatic heterocycles. The molecule has 1 unspecified atom stereocenters. The fraction of sp³-hybridized carbons (Fsp3) is 0.579. The largest absolute Gasteiger partial charge is 0.462 e. The van der Waals surface area contributed by atoms with Crippen LogP contribution in [-0.4, -0.2) is 55.3 Å². The van der Waals surface area contributed by atoms with Crippen molar-refractivity contribution in [3.63, 3.8) is 0 Å². The number of carbonyl (C=O) groups is 2. The molecule has 1 aromatic carbocycles. The molecule has 1 saturated heterocycles. The molecule has 1 amide bonds. The molecule has 0 aliphatic carbocycles. The third kappa shape index (κ3) is 5.99. The van der Waals surface area contributed by atoms with Crippen LogP contribution in [0.1, 0.15) is 31.7 Å². The van der Waals surface area contributed by atoms with Crippen molar-refractivity contribution >= 4 is 23.6 Å². The lowest BCUT2D eigenvalue weighted by molar-refractivity contribution is -0.887. The highest BCUT2D eigenvalue weighted by Gasteiger charge is 2.33. The van der Waals surface area contributed by atoms with Crippen LogP contribution < -0.4 is 4.90 Å². The Morgan fingerprint density at radius 3 is 2.62 bits per heavy atom. The average molecular weight is 384 g/mol. The maximum absolute atomic E-state index is 13.2. The summed E-state index contributed by atoms with van der Waals surface area (Å²) in [5.41, 5.74) is 0.929. The molecule has 26 heavy (non-hydrogen) atoms. The normalized spacial score (nSPS) is 18.2. The van der Waals surface area contributed by atoms with Gasteiger partial charge in [0.2, 0.25) is 0 Å². The zero-order valence-electron chi connectivity index (χ0n) is 15.7. The van der Waals surface area contributed by atoms with Crippen LogP contribution in [0.3, 0.4) is 0 Å². The first kappa shape index (κ1) is 20.7. The number of carbonyl (C=O) groups excluding carboxylic acids is 2. The summed E-state index contributed by atoms with van der Waals surface area (Å²) in [6.07, 6.45) is 0. The number of amides is 1. The average Bonchev–Trinajstić information content (AvgIpc) is 3.04. The van der Waals surface area contributed by atoms with Crippen LogP contribution >= 0.6 is 11.8 Å². The zero-order chi connectivity index (χ0) is 19.1. The molecule has 0 saturated carbocycles. The van der Waals surface area contributed by atoms with E-state index in [1.165, 1.54) is 12.1 Å². The van der Waals surface area contributed by atoms with Gasteiger partial charge in [-0.25, -0.2) is 9.18 Å². The lowest BCUT2D eigenvalue weighted by atomic mass is 10.2. The first-order chi connectivity index (χ1) is 12.4. The predicted molar refractivity (Wildman–Crippen MR) is 100 cm³/mol. The van der Waals surface area contributed by atoms with Gasteiger partial charge < -0.3 is 14.5 Å². The maximum atomic E-state index is 13.2. The van der Waals surface area contributed by atoms with Gasteiger partial charge in [-0.15, -0.1) is 11.8 Å². The van der Waals surface area contributed by atoms with Crippen LogP contribution in [0.25, 0.3) is 0 Å². The summed E-state index contributed by atoms with van der Waals surface area (Å²) in [7, 11) is 0. The number of esters is 1. The topological polar surface area (TPSA) is 51.1 Å². The summed E-state index contributed by atoms with van der Waals surface area (Å²) < 4.78 is 18.2. The van der Waals surface area contributed by atoms with Crippen molar-refractivity contribution in [2.75, 3.05) is 38.5 Å². The van der Waals surface area contributed by atoms with Crippen LogP contribution in [0, 0.1) is 11.7 Å². The van der Waals surface area contributed by atoms with Crippen LogP contribution in [0.2, 0.25) is 0 Å². The third-order valence-corrected chi connectivity index (χ3v) is 5.42. The molecule has 2 rings (SSSR count). The molecule has 5 nitrogen and oxygen atoms in total. The van der Waals surface area contributed by atoms with Gasteiger partial charge in [-0.2, -0.15) is 0 Å². The third-order valence-electron chi connectivity index (χ3n) is 4.16. The second kappa shape index (κ2) is 9.92. The number of benzene rings is 1. The number of hydrogen-bond donors (Lipinski definition) is 1. The van der Waals surface area contributed by atoms with E-state index >= 15 is 0 Å². The Balaban J connectivity index is 2.04. The van der Waals surface area contributed by atoms with Crippen LogP contribution in [0.4, 0.5) is 4.39 Å². The minimum absolute atomic E-state index is 0.0178. The van der Waals surface area contributed by atoms with Crippen LogP contribution in [0.15, 0.2) is 24.3 Å². The van der Waals surface area contributed by atoms with E-state index in [0.29, 0.717) is 19.1 Å². The predicted octanol–water partition coefficient (Wildman–Crippen LogP) is 1.50. The smallest absolute Gasteiger partial charge is 0.361 e. The standard InChI is InChI=1S/C19H27FN2O3S/c1-4-25-18(24)13-21(11-14(2)3)12-17(23)22-9-10-26-19(22)15-5-7-16(20)8-6-15/h5-8,14,19H,4,9-13H2,1-3H3/p+1/t19-/m0/s1. The number of halogens is 1. The van der Waals surface area contributed by atoms with Gasteiger partial charge in [0, 0.05) is 18.2 Å². The molecule has 1 aliphatic rings. The Labute approximate surface area is 158 Å². The van der Waals surface area contributed by atoms with Crippen molar-refractivity contribution in [3.05, 3.63) is 35.6 Å². The lowest BCUT2D eigenvalue weighted by Gasteiger charge is -2.27. The summed E-state index contributed by atoms with van der Waals surface area (Å²) in [5.74, 6) is 0.682. The molecule has 0 radical (unpaired) electrons. The van der Waals surface area contributed by atoms with Gasteiger partial charge in [-0.3, -0.25) is 4.79 Å². The van der Waals surface area contributed by atoms with Gasteiger partial charge in [-0.05, 0) is 24.6 Å².